The lowest BCUT2D eigenvalue weighted by atomic mass is 9.97. The molecule has 9 heteroatoms. The molecular weight excluding hydrogens is 412 g/mol. The SMILES string of the molecule is C=Nc1nc(SCc2cccnn2)c(C#N)c(-c2ccc(OCCOC)cc2)c1C#N. The van der Waals surface area contributed by atoms with Crippen LogP contribution in [0.1, 0.15) is 16.8 Å². The number of methoxy groups -OCH3 is 1. The lowest BCUT2D eigenvalue weighted by Gasteiger charge is -2.13. The van der Waals surface area contributed by atoms with E-state index in [0.29, 0.717) is 46.4 Å². The van der Waals surface area contributed by atoms with Crippen LogP contribution in [0.5, 0.6) is 5.75 Å². The fourth-order valence-corrected chi connectivity index (χ4v) is 3.66. The zero-order chi connectivity index (χ0) is 22.1. The number of hydrogen-bond acceptors (Lipinski definition) is 9. The van der Waals surface area contributed by atoms with Gasteiger partial charge in [-0.1, -0.05) is 23.9 Å². The first-order valence-corrected chi connectivity index (χ1v) is 10.2. The Morgan fingerprint density at radius 1 is 1.10 bits per heavy atom. The number of thioether (sulfide) groups is 1. The predicted octanol–water partition coefficient (Wildman–Crippen LogP) is 3.93. The molecule has 3 aromatic rings. The van der Waals surface area contributed by atoms with Crippen molar-refractivity contribution in [3.05, 3.63) is 59.4 Å². The van der Waals surface area contributed by atoms with Gasteiger partial charge in [0.25, 0.3) is 0 Å². The van der Waals surface area contributed by atoms with Gasteiger partial charge in [-0.2, -0.15) is 20.7 Å². The average molecular weight is 430 g/mol. The maximum absolute atomic E-state index is 9.91. The second-order valence-corrected chi connectivity index (χ2v) is 7.08. The van der Waals surface area contributed by atoms with E-state index in [1.807, 2.05) is 6.07 Å². The summed E-state index contributed by atoms with van der Waals surface area (Å²) in [5, 5.41) is 28.0. The van der Waals surface area contributed by atoms with E-state index in [-0.39, 0.29) is 11.4 Å². The van der Waals surface area contributed by atoms with Gasteiger partial charge in [0.2, 0.25) is 0 Å². The van der Waals surface area contributed by atoms with Crippen molar-refractivity contribution in [1.29, 1.82) is 10.5 Å². The zero-order valence-electron chi connectivity index (χ0n) is 16.8. The lowest BCUT2D eigenvalue weighted by molar-refractivity contribution is 0.146. The Kier molecular flexibility index (Phi) is 7.66. The van der Waals surface area contributed by atoms with Crippen LogP contribution < -0.4 is 4.74 Å². The second-order valence-electron chi connectivity index (χ2n) is 6.12. The minimum absolute atomic E-state index is 0.179. The highest BCUT2D eigenvalue weighted by Crippen LogP contribution is 2.38. The molecule has 0 atom stereocenters. The van der Waals surface area contributed by atoms with Gasteiger partial charge in [-0.25, -0.2) is 9.98 Å². The molecule has 31 heavy (non-hydrogen) atoms. The summed E-state index contributed by atoms with van der Waals surface area (Å²) in [5.41, 5.74) is 2.39. The first kappa shape index (κ1) is 21.9. The summed E-state index contributed by atoms with van der Waals surface area (Å²) in [6, 6.07) is 15.1. The van der Waals surface area contributed by atoms with Crippen molar-refractivity contribution < 1.29 is 9.47 Å². The van der Waals surface area contributed by atoms with E-state index in [0.717, 1.165) is 5.69 Å². The number of rotatable bonds is 9. The van der Waals surface area contributed by atoms with Crippen molar-refractivity contribution in [2.45, 2.75) is 10.8 Å². The van der Waals surface area contributed by atoms with Crippen LogP contribution in [-0.2, 0) is 10.5 Å². The normalized spacial score (nSPS) is 10.2. The summed E-state index contributed by atoms with van der Waals surface area (Å²) in [5.74, 6) is 1.30. The third kappa shape index (κ3) is 5.23. The van der Waals surface area contributed by atoms with Crippen molar-refractivity contribution >= 4 is 24.3 Å². The molecule has 0 saturated heterocycles. The molecule has 0 aliphatic rings. The van der Waals surface area contributed by atoms with Crippen molar-refractivity contribution in [2.24, 2.45) is 4.99 Å². The van der Waals surface area contributed by atoms with Gasteiger partial charge in [0.1, 0.15) is 35.1 Å². The molecule has 1 aromatic carbocycles. The second kappa shape index (κ2) is 10.8. The Morgan fingerprint density at radius 3 is 2.48 bits per heavy atom. The molecule has 2 heterocycles. The maximum atomic E-state index is 9.91. The van der Waals surface area contributed by atoms with Gasteiger partial charge in [-0.15, -0.1) is 0 Å². The summed E-state index contributed by atoms with van der Waals surface area (Å²) >= 11 is 1.33. The number of nitrogens with zero attached hydrogens (tertiary/aromatic N) is 6. The molecule has 0 saturated carbocycles. The summed E-state index contributed by atoms with van der Waals surface area (Å²) in [6.07, 6.45) is 1.59. The van der Waals surface area contributed by atoms with Crippen molar-refractivity contribution in [2.75, 3.05) is 20.3 Å². The topological polar surface area (TPSA) is 117 Å². The largest absolute Gasteiger partial charge is 0.491 e. The lowest BCUT2D eigenvalue weighted by Crippen LogP contribution is -2.04. The molecule has 0 amide bonds. The number of ether oxygens (including phenoxy) is 2. The minimum Gasteiger partial charge on any atom is -0.491 e. The molecular formula is C22H18N6O2S. The quantitative estimate of drug-likeness (QED) is 0.285. The number of hydrogen-bond donors (Lipinski definition) is 0. The number of aromatic nitrogens is 3. The molecule has 0 unspecified atom stereocenters. The summed E-state index contributed by atoms with van der Waals surface area (Å²) in [4.78, 5) is 8.32. The zero-order valence-corrected chi connectivity index (χ0v) is 17.6. The maximum Gasteiger partial charge on any atom is 0.171 e. The molecule has 0 aliphatic carbocycles. The Balaban J connectivity index is 2.02. The van der Waals surface area contributed by atoms with Gasteiger partial charge in [0, 0.05) is 24.6 Å². The third-order valence-electron chi connectivity index (χ3n) is 4.20. The Bertz CT molecular complexity index is 1140. The smallest absolute Gasteiger partial charge is 0.171 e. The van der Waals surface area contributed by atoms with Gasteiger partial charge < -0.3 is 9.47 Å². The standard InChI is InChI=1S/C22H18N6O2S/c1-25-21-18(12-23)20(15-5-7-17(8-6-15)30-11-10-29-2)19(13-24)22(27-21)31-14-16-4-3-9-26-28-16/h3-9H,1,10-11,14H2,2H3. The summed E-state index contributed by atoms with van der Waals surface area (Å²) in [7, 11) is 1.61. The van der Waals surface area contributed by atoms with Crippen LogP contribution in [0.4, 0.5) is 5.82 Å². The van der Waals surface area contributed by atoms with Gasteiger partial charge >= 0.3 is 0 Å². The van der Waals surface area contributed by atoms with Gasteiger partial charge in [-0.3, -0.25) is 0 Å². The van der Waals surface area contributed by atoms with Crippen LogP contribution >= 0.6 is 11.8 Å². The van der Waals surface area contributed by atoms with Crippen LogP contribution in [-0.4, -0.2) is 42.2 Å². The highest BCUT2D eigenvalue weighted by Gasteiger charge is 2.21. The minimum atomic E-state index is 0.179. The monoisotopic (exact) mass is 430 g/mol. The van der Waals surface area contributed by atoms with Crippen LogP contribution in [0.15, 0.2) is 52.6 Å². The molecule has 0 fully saturated rings. The summed E-state index contributed by atoms with van der Waals surface area (Å²) in [6.45, 7) is 4.43. The Hall–Kier alpha value is -3.79. The van der Waals surface area contributed by atoms with Crippen LogP contribution in [0.2, 0.25) is 0 Å². The molecule has 3 rings (SSSR count). The van der Waals surface area contributed by atoms with E-state index >= 15 is 0 Å². The van der Waals surface area contributed by atoms with E-state index < -0.39 is 0 Å². The molecule has 0 bridgehead atoms. The molecule has 0 N–H and O–H groups in total. The molecule has 0 aliphatic heterocycles. The average Bonchev–Trinajstić information content (AvgIpc) is 2.82. The summed E-state index contributed by atoms with van der Waals surface area (Å²) < 4.78 is 10.6. The van der Waals surface area contributed by atoms with Crippen LogP contribution in [0.25, 0.3) is 11.1 Å². The Labute approximate surface area is 184 Å². The van der Waals surface area contributed by atoms with Gasteiger partial charge in [0.05, 0.1) is 17.9 Å². The molecule has 2 aromatic heterocycles. The Morgan fingerprint density at radius 2 is 1.87 bits per heavy atom. The van der Waals surface area contributed by atoms with E-state index in [4.69, 9.17) is 9.47 Å². The first-order chi connectivity index (χ1) is 15.2. The highest BCUT2D eigenvalue weighted by atomic mass is 32.2. The fourth-order valence-electron chi connectivity index (χ4n) is 2.78. The molecule has 8 nitrogen and oxygen atoms in total. The van der Waals surface area contributed by atoms with Crippen molar-refractivity contribution in [3.8, 4) is 29.0 Å². The molecule has 154 valence electrons. The highest BCUT2D eigenvalue weighted by molar-refractivity contribution is 7.98. The fraction of sp³-hybridized carbons (Fsp3) is 0.182. The van der Waals surface area contributed by atoms with Gasteiger partial charge in [0.15, 0.2) is 5.82 Å². The number of aliphatic imine (C=N–C) groups is 1. The predicted molar refractivity (Wildman–Crippen MR) is 117 cm³/mol. The van der Waals surface area contributed by atoms with Crippen LogP contribution in [0.3, 0.4) is 0 Å². The van der Waals surface area contributed by atoms with E-state index in [1.165, 1.54) is 11.8 Å². The number of benzene rings is 1. The van der Waals surface area contributed by atoms with Crippen molar-refractivity contribution in [3.63, 3.8) is 0 Å². The van der Waals surface area contributed by atoms with Crippen LogP contribution in [0, 0.1) is 22.7 Å². The number of nitriles is 2. The van der Waals surface area contributed by atoms with Crippen molar-refractivity contribution in [1.82, 2.24) is 15.2 Å². The van der Waals surface area contributed by atoms with E-state index in [1.54, 1.807) is 43.6 Å². The third-order valence-corrected chi connectivity index (χ3v) is 5.21. The van der Waals surface area contributed by atoms with E-state index in [2.05, 4.69) is 39.0 Å². The van der Waals surface area contributed by atoms with E-state index in [9.17, 15) is 10.5 Å². The molecule has 0 radical (unpaired) electrons. The number of pyridine rings is 1. The first-order valence-electron chi connectivity index (χ1n) is 9.18. The molecule has 0 spiro atoms. The van der Waals surface area contributed by atoms with Gasteiger partial charge in [-0.05, 0) is 36.5 Å².